The SMILES string of the molecule is Cc1cnc(C(=O)N2CCC[C@H]2c2ccnc(-c3c(C)noc3C)n2)cn1. The lowest BCUT2D eigenvalue weighted by Crippen LogP contribution is -2.31. The van der Waals surface area contributed by atoms with Gasteiger partial charge in [0, 0.05) is 18.9 Å². The summed E-state index contributed by atoms with van der Waals surface area (Å²) in [4.78, 5) is 32.2. The number of nitrogens with zero attached hydrogens (tertiary/aromatic N) is 6. The number of carbonyl (C=O) groups is 1. The highest BCUT2D eigenvalue weighted by Gasteiger charge is 2.32. The third-order valence-corrected chi connectivity index (χ3v) is 4.79. The molecule has 0 radical (unpaired) electrons. The van der Waals surface area contributed by atoms with Crippen LogP contribution in [0.3, 0.4) is 0 Å². The van der Waals surface area contributed by atoms with Crippen molar-refractivity contribution in [1.29, 1.82) is 0 Å². The number of likely N-dealkylation sites (tertiary alicyclic amines) is 1. The van der Waals surface area contributed by atoms with Gasteiger partial charge in [-0.1, -0.05) is 5.16 Å². The topological polar surface area (TPSA) is 97.9 Å². The summed E-state index contributed by atoms with van der Waals surface area (Å²) in [5.74, 6) is 1.12. The van der Waals surface area contributed by atoms with Crippen molar-refractivity contribution in [2.24, 2.45) is 0 Å². The van der Waals surface area contributed by atoms with E-state index in [1.807, 2.05) is 31.7 Å². The van der Waals surface area contributed by atoms with E-state index < -0.39 is 0 Å². The lowest BCUT2D eigenvalue weighted by atomic mass is 10.1. The third-order valence-electron chi connectivity index (χ3n) is 4.79. The summed E-state index contributed by atoms with van der Waals surface area (Å²) in [6.07, 6.45) is 6.63. The molecule has 0 unspecified atom stereocenters. The van der Waals surface area contributed by atoms with Gasteiger partial charge < -0.3 is 9.42 Å². The number of aromatic nitrogens is 5. The van der Waals surface area contributed by atoms with Gasteiger partial charge in [0.05, 0.1) is 34.9 Å². The van der Waals surface area contributed by atoms with E-state index in [1.54, 1.807) is 12.4 Å². The molecular formula is C19H20N6O2. The van der Waals surface area contributed by atoms with Gasteiger partial charge in [-0.05, 0) is 39.7 Å². The van der Waals surface area contributed by atoms with Gasteiger partial charge in [-0.25, -0.2) is 15.0 Å². The van der Waals surface area contributed by atoms with Crippen LogP contribution in [-0.2, 0) is 0 Å². The Morgan fingerprint density at radius 2 is 2.04 bits per heavy atom. The Morgan fingerprint density at radius 1 is 1.19 bits per heavy atom. The van der Waals surface area contributed by atoms with Gasteiger partial charge in [-0.15, -0.1) is 0 Å². The van der Waals surface area contributed by atoms with Crippen molar-refractivity contribution in [1.82, 2.24) is 30.0 Å². The standard InChI is InChI=1S/C19H20N6O2/c1-11-9-22-15(10-21-11)19(26)25-8-4-5-16(25)14-6-7-20-18(23-14)17-12(2)24-27-13(17)3/h6-7,9-10,16H,4-5,8H2,1-3H3/t16-/m0/s1. The highest BCUT2D eigenvalue weighted by molar-refractivity contribution is 5.92. The van der Waals surface area contributed by atoms with Crippen LogP contribution in [0.4, 0.5) is 0 Å². The maximum atomic E-state index is 12.9. The molecule has 1 aliphatic rings. The summed E-state index contributed by atoms with van der Waals surface area (Å²) < 4.78 is 5.23. The molecule has 8 nitrogen and oxygen atoms in total. The molecule has 1 aliphatic heterocycles. The zero-order chi connectivity index (χ0) is 19.0. The first kappa shape index (κ1) is 17.3. The van der Waals surface area contributed by atoms with Crippen molar-refractivity contribution in [3.8, 4) is 11.4 Å². The van der Waals surface area contributed by atoms with Crippen LogP contribution in [0.15, 0.2) is 29.2 Å². The smallest absolute Gasteiger partial charge is 0.274 e. The highest BCUT2D eigenvalue weighted by Crippen LogP contribution is 2.33. The number of amides is 1. The van der Waals surface area contributed by atoms with Crippen LogP contribution >= 0.6 is 0 Å². The molecule has 0 aliphatic carbocycles. The summed E-state index contributed by atoms with van der Waals surface area (Å²) in [7, 11) is 0. The van der Waals surface area contributed by atoms with Crippen LogP contribution in [-0.4, -0.2) is 42.4 Å². The minimum atomic E-state index is -0.123. The maximum absolute atomic E-state index is 12.9. The van der Waals surface area contributed by atoms with E-state index in [1.165, 1.54) is 6.20 Å². The zero-order valence-corrected chi connectivity index (χ0v) is 15.5. The molecule has 3 aromatic heterocycles. The Kier molecular flexibility index (Phi) is 4.39. The normalized spacial score (nSPS) is 16.7. The fraction of sp³-hybridized carbons (Fsp3) is 0.368. The monoisotopic (exact) mass is 364 g/mol. The number of hydrogen-bond donors (Lipinski definition) is 0. The van der Waals surface area contributed by atoms with Crippen LogP contribution in [0, 0.1) is 20.8 Å². The lowest BCUT2D eigenvalue weighted by molar-refractivity contribution is 0.0726. The van der Waals surface area contributed by atoms with E-state index >= 15 is 0 Å². The molecule has 0 N–H and O–H groups in total. The summed E-state index contributed by atoms with van der Waals surface area (Å²) in [6, 6.07) is 1.75. The fourth-order valence-electron chi connectivity index (χ4n) is 3.45. The molecule has 0 saturated carbocycles. The van der Waals surface area contributed by atoms with Gasteiger partial charge in [-0.2, -0.15) is 0 Å². The minimum absolute atomic E-state index is 0.108. The van der Waals surface area contributed by atoms with E-state index in [0.717, 1.165) is 35.5 Å². The second-order valence-corrected chi connectivity index (χ2v) is 6.70. The molecule has 4 heterocycles. The molecule has 0 spiro atoms. The molecule has 1 atom stereocenters. The first-order valence-electron chi connectivity index (χ1n) is 8.90. The fourth-order valence-corrected chi connectivity index (χ4v) is 3.45. The molecular weight excluding hydrogens is 344 g/mol. The van der Waals surface area contributed by atoms with E-state index in [2.05, 4.69) is 20.1 Å². The summed E-state index contributed by atoms with van der Waals surface area (Å²) in [5, 5.41) is 3.97. The van der Waals surface area contributed by atoms with Crippen LogP contribution in [0.25, 0.3) is 11.4 Å². The van der Waals surface area contributed by atoms with Crippen LogP contribution < -0.4 is 0 Å². The molecule has 4 rings (SSSR count). The summed E-state index contributed by atoms with van der Waals surface area (Å²) in [6.45, 7) is 6.22. The molecule has 1 fully saturated rings. The Balaban J connectivity index is 1.65. The Labute approximate surface area is 156 Å². The average Bonchev–Trinajstić information content (AvgIpc) is 3.29. The predicted molar refractivity (Wildman–Crippen MR) is 96.8 cm³/mol. The van der Waals surface area contributed by atoms with Gasteiger partial charge in [0.25, 0.3) is 5.91 Å². The molecule has 1 saturated heterocycles. The van der Waals surface area contributed by atoms with Crippen molar-refractivity contribution < 1.29 is 9.32 Å². The predicted octanol–water partition coefficient (Wildman–Crippen LogP) is 2.82. The molecule has 0 bridgehead atoms. The van der Waals surface area contributed by atoms with Gasteiger partial charge in [0.1, 0.15) is 11.5 Å². The van der Waals surface area contributed by atoms with Crippen molar-refractivity contribution in [3.05, 3.63) is 53.2 Å². The zero-order valence-electron chi connectivity index (χ0n) is 15.5. The maximum Gasteiger partial charge on any atom is 0.274 e. The lowest BCUT2D eigenvalue weighted by Gasteiger charge is -2.24. The van der Waals surface area contributed by atoms with Crippen LogP contribution in [0.2, 0.25) is 0 Å². The number of aryl methyl sites for hydroxylation is 3. The Hall–Kier alpha value is -3.16. The Bertz CT molecular complexity index is 963. The van der Waals surface area contributed by atoms with Crippen molar-refractivity contribution >= 4 is 5.91 Å². The molecule has 8 heteroatoms. The van der Waals surface area contributed by atoms with Gasteiger partial charge in [0.15, 0.2) is 5.82 Å². The van der Waals surface area contributed by atoms with Crippen LogP contribution in [0.1, 0.15) is 52.2 Å². The number of rotatable bonds is 3. The third kappa shape index (κ3) is 3.18. The number of hydrogen-bond acceptors (Lipinski definition) is 7. The van der Waals surface area contributed by atoms with Crippen molar-refractivity contribution in [2.75, 3.05) is 6.54 Å². The first-order chi connectivity index (χ1) is 13.0. The van der Waals surface area contributed by atoms with Crippen molar-refractivity contribution in [3.63, 3.8) is 0 Å². The summed E-state index contributed by atoms with van der Waals surface area (Å²) in [5.41, 5.74) is 3.50. The first-order valence-corrected chi connectivity index (χ1v) is 8.90. The van der Waals surface area contributed by atoms with Crippen molar-refractivity contribution in [2.45, 2.75) is 39.7 Å². The second kappa shape index (κ2) is 6.86. The summed E-state index contributed by atoms with van der Waals surface area (Å²) >= 11 is 0. The molecule has 0 aromatic carbocycles. The highest BCUT2D eigenvalue weighted by atomic mass is 16.5. The quantitative estimate of drug-likeness (QED) is 0.705. The van der Waals surface area contributed by atoms with E-state index in [9.17, 15) is 4.79 Å². The van der Waals surface area contributed by atoms with Gasteiger partial charge in [-0.3, -0.25) is 9.78 Å². The van der Waals surface area contributed by atoms with E-state index in [4.69, 9.17) is 9.51 Å². The van der Waals surface area contributed by atoms with Crippen LogP contribution in [0.5, 0.6) is 0 Å². The second-order valence-electron chi connectivity index (χ2n) is 6.70. The minimum Gasteiger partial charge on any atom is -0.361 e. The van der Waals surface area contributed by atoms with E-state index in [-0.39, 0.29) is 11.9 Å². The molecule has 3 aromatic rings. The average molecular weight is 364 g/mol. The van der Waals surface area contributed by atoms with Gasteiger partial charge >= 0.3 is 0 Å². The Morgan fingerprint density at radius 3 is 2.74 bits per heavy atom. The molecule has 138 valence electrons. The van der Waals surface area contributed by atoms with Gasteiger partial charge in [0.2, 0.25) is 0 Å². The largest absolute Gasteiger partial charge is 0.361 e. The molecule has 27 heavy (non-hydrogen) atoms. The molecule has 1 amide bonds. The number of carbonyl (C=O) groups excluding carboxylic acids is 1. The van der Waals surface area contributed by atoms with E-state index in [0.29, 0.717) is 23.8 Å².